The standard InChI is InChI=1S/C26H40O6/c1-4-7-10-13-14-17-19-25(28)31-22-23(32-26(29)20-16-12-9-6-3)21-30-24(27)18-15-11-8-5-2/h7,10-12,14-17,23H,4-6,8-9,13,18-22H2,1-3H3. The highest BCUT2D eigenvalue weighted by Gasteiger charge is 2.18. The molecule has 1 unspecified atom stereocenters. The quantitative estimate of drug-likeness (QED) is 0.150. The van der Waals surface area contributed by atoms with Crippen LogP contribution in [0.25, 0.3) is 0 Å². The van der Waals surface area contributed by atoms with Crippen molar-refractivity contribution in [1.82, 2.24) is 0 Å². The van der Waals surface area contributed by atoms with Crippen LogP contribution >= 0.6 is 0 Å². The van der Waals surface area contributed by atoms with E-state index in [9.17, 15) is 14.4 Å². The van der Waals surface area contributed by atoms with E-state index in [0.29, 0.717) is 0 Å². The summed E-state index contributed by atoms with van der Waals surface area (Å²) in [5.41, 5.74) is 0. The summed E-state index contributed by atoms with van der Waals surface area (Å²) in [4.78, 5) is 35.9. The average molecular weight is 449 g/mol. The van der Waals surface area contributed by atoms with Gasteiger partial charge in [-0.15, -0.1) is 0 Å². The van der Waals surface area contributed by atoms with Gasteiger partial charge in [-0.1, -0.05) is 82.2 Å². The average Bonchev–Trinajstić information content (AvgIpc) is 2.78. The lowest BCUT2D eigenvalue weighted by molar-refractivity contribution is -0.165. The molecule has 0 aliphatic carbocycles. The second-order valence-electron chi connectivity index (χ2n) is 7.20. The van der Waals surface area contributed by atoms with E-state index in [2.05, 4.69) is 26.8 Å². The van der Waals surface area contributed by atoms with Crippen molar-refractivity contribution < 1.29 is 28.6 Å². The molecule has 180 valence electrons. The summed E-state index contributed by atoms with van der Waals surface area (Å²) >= 11 is 0. The third-order valence-electron chi connectivity index (χ3n) is 4.10. The Labute approximate surface area is 193 Å². The van der Waals surface area contributed by atoms with Crippen LogP contribution in [0.4, 0.5) is 0 Å². The van der Waals surface area contributed by atoms with Gasteiger partial charge < -0.3 is 14.2 Å². The van der Waals surface area contributed by atoms with Crippen LogP contribution in [-0.4, -0.2) is 37.2 Å². The van der Waals surface area contributed by atoms with Gasteiger partial charge in [0.25, 0.3) is 0 Å². The van der Waals surface area contributed by atoms with E-state index in [1.54, 1.807) is 18.2 Å². The molecule has 0 saturated carbocycles. The SMILES string of the molecule is CCC=CCC=CCC(=O)OCC(COC(=O)CC=CCCC)OC(=O)CC=CCCC. The van der Waals surface area contributed by atoms with E-state index in [0.717, 1.165) is 38.5 Å². The molecular formula is C26H40O6. The van der Waals surface area contributed by atoms with Crippen LogP contribution < -0.4 is 0 Å². The fraction of sp³-hybridized carbons (Fsp3) is 0.577. The summed E-state index contributed by atoms with van der Waals surface area (Å²) in [7, 11) is 0. The van der Waals surface area contributed by atoms with Crippen LogP contribution in [0.5, 0.6) is 0 Å². The lowest BCUT2D eigenvalue weighted by Gasteiger charge is -2.17. The number of carbonyl (C=O) groups excluding carboxylic acids is 3. The van der Waals surface area contributed by atoms with Crippen molar-refractivity contribution in [1.29, 1.82) is 0 Å². The van der Waals surface area contributed by atoms with Gasteiger partial charge in [0.05, 0.1) is 19.3 Å². The highest BCUT2D eigenvalue weighted by Crippen LogP contribution is 2.04. The van der Waals surface area contributed by atoms with Crippen molar-refractivity contribution in [2.24, 2.45) is 0 Å². The van der Waals surface area contributed by atoms with E-state index in [4.69, 9.17) is 14.2 Å². The lowest BCUT2D eigenvalue weighted by atomic mass is 10.3. The number of hydrogen-bond donors (Lipinski definition) is 0. The Morgan fingerprint density at radius 3 is 1.59 bits per heavy atom. The number of ether oxygens (including phenoxy) is 3. The maximum absolute atomic E-state index is 12.1. The van der Waals surface area contributed by atoms with Crippen molar-refractivity contribution in [3.63, 3.8) is 0 Å². The third-order valence-corrected chi connectivity index (χ3v) is 4.10. The maximum Gasteiger partial charge on any atom is 0.310 e. The first-order chi connectivity index (χ1) is 15.5. The van der Waals surface area contributed by atoms with Gasteiger partial charge in [0.1, 0.15) is 13.2 Å². The first-order valence-corrected chi connectivity index (χ1v) is 11.6. The van der Waals surface area contributed by atoms with E-state index in [-0.39, 0.29) is 32.5 Å². The van der Waals surface area contributed by atoms with Crippen molar-refractivity contribution >= 4 is 17.9 Å². The molecule has 0 amide bonds. The van der Waals surface area contributed by atoms with Crippen molar-refractivity contribution in [3.8, 4) is 0 Å². The third kappa shape index (κ3) is 19.3. The lowest BCUT2D eigenvalue weighted by Crippen LogP contribution is -2.30. The Hall–Kier alpha value is -2.63. The molecule has 32 heavy (non-hydrogen) atoms. The molecule has 0 aromatic carbocycles. The minimum absolute atomic E-state index is 0.117. The molecular weight excluding hydrogens is 408 g/mol. The number of carbonyl (C=O) groups is 3. The summed E-state index contributed by atoms with van der Waals surface area (Å²) in [6.45, 7) is 5.85. The monoisotopic (exact) mass is 448 g/mol. The molecule has 1 atom stereocenters. The maximum atomic E-state index is 12.1. The molecule has 0 aliphatic rings. The fourth-order valence-corrected chi connectivity index (χ4v) is 2.39. The molecule has 0 aromatic rings. The summed E-state index contributed by atoms with van der Waals surface area (Å²) in [6.07, 6.45) is 20.1. The Balaban J connectivity index is 4.59. The first-order valence-electron chi connectivity index (χ1n) is 11.6. The molecule has 0 aliphatic heterocycles. The smallest absolute Gasteiger partial charge is 0.310 e. The molecule has 0 spiro atoms. The first kappa shape index (κ1) is 29.4. The molecule has 0 rings (SSSR count). The zero-order chi connectivity index (χ0) is 23.9. The molecule has 6 heteroatoms. The minimum Gasteiger partial charge on any atom is -0.461 e. The molecule has 0 fully saturated rings. The number of esters is 3. The van der Waals surface area contributed by atoms with E-state index in [1.807, 2.05) is 24.3 Å². The highest BCUT2D eigenvalue weighted by molar-refractivity contribution is 5.73. The fourth-order valence-electron chi connectivity index (χ4n) is 2.39. The number of rotatable bonds is 18. The van der Waals surface area contributed by atoms with Crippen LogP contribution in [0.15, 0.2) is 48.6 Å². The second-order valence-corrected chi connectivity index (χ2v) is 7.20. The van der Waals surface area contributed by atoms with Crippen LogP contribution in [0.1, 0.15) is 78.6 Å². The molecule has 0 bridgehead atoms. The molecule has 6 nitrogen and oxygen atoms in total. The van der Waals surface area contributed by atoms with Gasteiger partial charge in [-0.3, -0.25) is 14.4 Å². The topological polar surface area (TPSA) is 78.9 Å². The van der Waals surface area contributed by atoms with Gasteiger partial charge in [-0.05, 0) is 25.7 Å². The van der Waals surface area contributed by atoms with E-state index < -0.39 is 24.0 Å². The molecule has 0 aromatic heterocycles. The zero-order valence-corrected chi connectivity index (χ0v) is 19.9. The van der Waals surface area contributed by atoms with Crippen LogP contribution in [0, 0.1) is 0 Å². The normalized spacial score (nSPS) is 12.7. The molecule has 0 saturated heterocycles. The van der Waals surface area contributed by atoms with Gasteiger partial charge in [-0.2, -0.15) is 0 Å². The van der Waals surface area contributed by atoms with Crippen molar-refractivity contribution in [3.05, 3.63) is 48.6 Å². The Bertz CT molecular complexity index is 630. The highest BCUT2D eigenvalue weighted by atomic mass is 16.6. The van der Waals surface area contributed by atoms with E-state index in [1.165, 1.54) is 0 Å². The van der Waals surface area contributed by atoms with Gasteiger partial charge in [0.15, 0.2) is 6.10 Å². The molecule has 0 heterocycles. The van der Waals surface area contributed by atoms with Crippen LogP contribution in [-0.2, 0) is 28.6 Å². The van der Waals surface area contributed by atoms with Crippen LogP contribution in [0.3, 0.4) is 0 Å². The van der Waals surface area contributed by atoms with Crippen molar-refractivity contribution in [2.45, 2.75) is 84.7 Å². The zero-order valence-electron chi connectivity index (χ0n) is 19.9. The molecule has 0 N–H and O–H groups in total. The van der Waals surface area contributed by atoms with Gasteiger partial charge in [0, 0.05) is 0 Å². The summed E-state index contributed by atoms with van der Waals surface area (Å²) in [5, 5.41) is 0. The number of hydrogen-bond acceptors (Lipinski definition) is 6. The Kier molecular flexibility index (Phi) is 19.8. The number of allylic oxidation sites excluding steroid dienone is 5. The number of unbranched alkanes of at least 4 members (excludes halogenated alkanes) is 2. The second kappa shape index (κ2) is 21.6. The predicted molar refractivity (Wildman–Crippen MR) is 127 cm³/mol. The summed E-state index contributed by atoms with van der Waals surface area (Å²) < 4.78 is 15.8. The van der Waals surface area contributed by atoms with Gasteiger partial charge >= 0.3 is 17.9 Å². The van der Waals surface area contributed by atoms with Gasteiger partial charge in [0.2, 0.25) is 0 Å². The Morgan fingerprint density at radius 1 is 0.625 bits per heavy atom. The largest absolute Gasteiger partial charge is 0.461 e. The van der Waals surface area contributed by atoms with Gasteiger partial charge in [-0.25, -0.2) is 0 Å². The Morgan fingerprint density at radius 2 is 1.09 bits per heavy atom. The predicted octanol–water partition coefficient (Wildman–Crippen LogP) is 5.78. The van der Waals surface area contributed by atoms with Crippen LogP contribution in [0.2, 0.25) is 0 Å². The minimum atomic E-state index is -0.842. The van der Waals surface area contributed by atoms with E-state index >= 15 is 0 Å². The van der Waals surface area contributed by atoms with Crippen molar-refractivity contribution in [2.75, 3.05) is 13.2 Å². The molecule has 0 radical (unpaired) electrons. The summed E-state index contributed by atoms with van der Waals surface area (Å²) in [6, 6.07) is 0. The summed E-state index contributed by atoms with van der Waals surface area (Å²) in [5.74, 6) is -1.31.